The molecule has 0 amide bonds. The zero-order valence-corrected chi connectivity index (χ0v) is 25.3. The van der Waals surface area contributed by atoms with Gasteiger partial charge in [0.25, 0.3) is 0 Å². The van der Waals surface area contributed by atoms with Gasteiger partial charge in [0, 0.05) is 53.0 Å². The Bertz CT molecular complexity index is 1640. The van der Waals surface area contributed by atoms with E-state index in [0.717, 1.165) is 101 Å². The molecule has 0 aliphatic carbocycles. The van der Waals surface area contributed by atoms with Crippen molar-refractivity contribution in [2.45, 2.75) is 0 Å². The predicted molar refractivity (Wildman–Crippen MR) is 180 cm³/mol. The number of nitrogens with one attached hydrogen (secondary N) is 1. The van der Waals surface area contributed by atoms with E-state index in [1.807, 2.05) is 32.1 Å². The van der Waals surface area contributed by atoms with Gasteiger partial charge in [-0.1, -0.05) is 49.1 Å². The van der Waals surface area contributed by atoms with Crippen LogP contribution in [0.5, 0.6) is 11.5 Å². The Balaban J connectivity index is 1.36. The van der Waals surface area contributed by atoms with E-state index < -0.39 is 0 Å². The standard InChI is InChI=1S/C37H40N4O2/c1-5-28-24-30(9-12-33(28)38-2)32-11-14-35-37(26-32)43-36-25-31(29-8-6-7-27(23-29)15-16-39(3)4)10-13-34(36)41(35)18-17-40-19-21-42-22-20-40/h5-16,23-26,38H,1,17-22H2,2-4H3/b16-15-. The number of morpholine rings is 1. The van der Waals surface area contributed by atoms with Gasteiger partial charge in [0.1, 0.15) is 0 Å². The number of fused-ring (bicyclic) bond motifs is 2. The van der Waals surface area contributed by atoms with Gasteiger partial charge in [-0.15, -0.1) is 0 Å². The molecule has 4 aromatic carbocycles. The van der Waals surface area contributed by atoms with E-state index in [9.17, 15) is 0 Å². The maximum Gasteiger partial charge on any atom is 0.151 e. The third kappa shape index (κ3) is 6.31. The minimum absolute atomic E-state index is 0.796. The summed E-state index contributed by atoms with van der Waals surface area (Å²) in [5, 5.41) is 3.25. The van der Waals surface area contributed by atoms with E-state index >= 15 is 0 Å². The van der Waals surface area contributed by atoms with E-state index in [1.54, 1.807) is 0 Å². The summed E-state index contributed by atoms with van der Waals surface area (Å²) in [7, 11) is 6.00. The van der Waals surface area contributed by atoms with Gasteiger partial charge in [0.05, 0.1) is 24.6 Å². The number of anilines is 3. The van der Waals surface area contributed by atoms with Crippen molar-refractivity contribution in [3.05, 3.63) is 103 Å². The summed E-state index contributed by atoms with van der Waals surface area (Å²) in [4.78, 5) is 6.94. The summed E-state index contributed by atoms with van der Waals surface area (Å²) in [5.41, 5.74) is 10.00. The van der Waals surface area contributed by atoms with E-state index in [0.29, 0.717) is 0 Å². The molecule has 2 heterocycles. The van der Waals surface area contributed by atoms with Crippen LogP contribution in [-0.4, -0.2) is 70.3 Å². The fourth-order valence-corrected chi connectivity index (χ4v) is 5.75. The maximum absolute atomic E-state index is 6.71. The summed E-state index contributed by atoms with van der Waals surface area (Å²) < 4.78 is 12.3. The molecule has 0 aromatic heterocycles. The highest BCUT2D eigenvalue weighted by atomic mass is 16.5. The normalized spacial score (nSPS) is 14.6. The number of rotatable bonds is 9. The zero-order valence-electron chi connectivity index (χ0n) is 25.3. The van der Waals surface area contributed by atoms with Gasteiger partial charge in [-0.25, -0.2) is 0 Å². The highest BCUT2D eigenvalue weighted by Crippen LogP contribution is 2.49. The van der Waals surface area contributed by atoms with Crippen molar-refractivity contribution in [3.63, 3.8) is 0 Å². The molecule has 0 radical (unpaired) electrons. The number of nitrogens with zero attached hydrogens (tertiary/aromatic N) is 3. The Morgan fingerprint density at radius 1 is 0.814 bits per heavy atom. The molecular formula is C37H40N4O2. The molecule has 220 valence electrons. The largest absolute Gasteiger partial charge is 0.453 e. The lowest BCUT2D eigenvalue weighted by atomic mass is 9.99. The van der Waals surface area contributed by atoms with Crippen molar-refractivity contribution in [3.8, 4) is 33.8 Å². The Morgan fingerprint density at radius 3 is 2.12 bits per heavy atom. The van der Waals surface area contributed by atoms with Crippen LogP contribution in [0.25, 0.3) is 34.4 Å². The summed E-state index contributed by atoms with van der Waals surface area (Å²) in [6, 6.07) is 28.2. The minimum atomic E-state index is 0.796. The highest BCUT2D eigenvalue weighted by molar-refractivity contribution is 5.84. The van der Waals surface area contributed by atoms with E-state index in [2.05, 4.69) is 113 Å². The van der Waals surface area contributed by atoms with Crippen LogP contribution < -0.4 is 15.0 Å². The second-order valence-corrected chi connectivity index (χ2v) is 11.2. The van der Waals surface area contributed by atoms with Crippen LogP contribution in [0, 0.1) is 0 Å². The van der Waals surface area contributed by atoms with Gasteiger partial charge in [-0.2, -0.15) is 0 Å². The molecule has 0 saturated carbocycles. The Labute approximate surface area is 255 Å². The average Bonchev–Trinajstić information content (AvgIpc) is 3.05. The fourth-order valence-electron chi connectivity index (χ4n) is 5.75. The lowest BCUT2D eigenvalue weighted by Gasteiger charge is -2.35. The van der Waals surface area contributed by atoms with Gasteiger partial charge < -0.3 is 24.6 Å². The first-order chi connectivity index (χ1) is 21.0. The quantitative estimate of drug-likeness (QED) is 0.221. The first-order valence-corrected chi connectivity index (χ1v) is 15.0. The van der Waals surface area contributed by atoms with Gasteiger partial charge in [-0.3, -0.25) is 4.90 Å². The highest BCUT2D eigenvalue weighted by Gasteiger charge is 2.26. The minimum Gasteiger partial charge on any atom is -0.453 e. The van der Waals surface area contributed by atoms with Gasteiger partial charge in [0.2, 0.25) is 0 Å². The fraction of sp³-hybridized carbons (Fsp3) is 0.243. The summed E-state index contributed by atoms with van der Waals surface area (Å²) in [5.74, 6) is 1.74. The van der Waals surface area contributed by atoms with Gasteiger partial charge >= 0.3 is 0 Å². The number of hydrogen-bond donors (Lipinski definition) is 1. The molecule has 43 heavy (non-hydrogen) atoms. The first kappa shape index (κ1) is 28.6. The molecule has 6 nitrogen and oxygen atoms in total. The lowest BCUT2D eigenvalue weighted by Crippen LogP contribution is -2.41. The van der Waals surface area contributed by atoms with Crippen LogP contribution in [0.15, 0.2) is 91.6 Å². The van der Waals surface area contributed by atoms with Gasteiger partial charge in [0.15, 0.2) is 11.5 Å². The third-order valence-corrected chi connectivity index (χ3v) is 8.12. The Kier molecular flexibility index (Phi) is 8.50. The Morgan fingerprint density at radius 2 is 1.47 bits per heavy atom. The smallest absolute Gasteiger partial charge is 0.151 e. The van der Waals surface area contributed by atoms with Crippen molar-refractivity contribution >= 4 is 29.2 Å². The molecule has 6 rings (SSSR count). The molecule has 1 N–H and O–H groups in total. The molecule has 0 atom stereocenters. The summed E-state index contributed by atoms with van der Waals surface area (Å²) >= 11 is 0. The second-order valence-electron chi connectivity index (χ2n) is 11.2. The zero-order chi connectivity index (χ0) is 29.8. The van der Waals surface area contributed by atoms with Crippen LogP contribution in [-0.2, 0) is 4.74 Å². The molecule has 6 heteroatoms. The van der Waals surface area contributed by atoms with Crippen molar-refractivity contribution in [1.82, 2.24) is 9.80 Å². The van der Waals surface area contributed by atoms with Crippen molar-refractivity contribution < 1.29 is 9.47 Å². The number of ether oxygens (including phenoxy) is 2. The number of benzene rings is 4. The van der Waals surface area contributed by atoms with Gasteiger partial charge in [-0.05, 0) is 88.1 Å². The SMILES string of the molecule is C=Cc1cc(-c2ccc3c(c2)Oc2cc(-c4cccc(/C=C\N(C)C)c4)ccc2N3CCN2CCOCC2)ccc1NC. The molecule has 0 spiro atoms. The van der Waals surface area contributed by atoms with Crippen molar-refractivity contribution in [1.29, 1.82) is 0 Å². The number of hydrogen-bond acceptors (Lipinski definition) is 6. The molecule has 0 unspecified atom stereocenters. The van der Waals surface area contributed by atoms with Crippen LogP contribution in [0.2, 0.25) is 0 Å². The molecule has 1 saturated heterocycles. The van der Waals surface area contributed by atoms with Crippen LogP contribution >= 0.6 is 0 Å². The Hall–Kier alpha value is -4.52. The molecular weight excluding hydrogens is 532 g/mol. The molecule has 1 fully saturated rings. The first-order valence-electron chi connectivity index (χ1n) is 15.0. The lowest BCUT2D eigenvalue weighted by molar-refractivity contribution is 0.0394. The van der Waals surface area contributed by atoms with E-state index in [-0.39, 0.29) is 0 Å². The van der Waals surface area contributed by atoms with Crippen molar-refractivity contribution in [2.75, 3.05) is 70.8 Å². The molecule has 0 bridgehead atoms. The summed E-state index contributed by atoms with van der Waals surface area (Å²) in [6.45, 7) is 9.36. The second kappa shape index (κ2) is 12.8. The van der Waals surface area contributed by atoms with E-state index in [1.165, 1.54) is 0 Å². The molecule has 4 aromatic rings. The maximum atomic E-state index is 6.71. The monoisotopic (exact) mass is 572 g/mol. The molecule has 2 aliphatic rings. The average molecular weight is 573 g/mol. The third-order valence-electron chi connectivity index (χ3n) is 8.12. The molecule has 2 aliphatic heterocycles. The predicted octanol–water partition coefficient (Wildman–Crippen LogP) is 7.81. The van der Waals surface area contributed by atoms with E-state index in [4.69, 9.17) is 9.47 Å². The van der Waals surface area contributed by atoms with Crippen molar-refractivity contribution in [2.24, 2.45) is 0 Å². The summed E-state index contributed by atoms with van der Waals surface area (Å²) in [6.07, 6.45) is 6.09. The van der Waals surface area contributed by atoms with Crippen LogP contribution in [0.3, 0.4) is 0 Å². The van der Waals surface area contributed by atoms with Crippen LogP contribution in [0.4, 0.5) is 17.1 Å². The van der Waals surface area contributed by atoms with Crippen LogP contribution in [0.1, 0.15) is 11.1 Å². The topological polar surface area (TPSA) is 40.2 Å².